The summed E-state index contributed by atoms with van der Waals surface area (Å²) in [5.74, 6) is 0.262. The van der Waals surface area contributed by atoms with E-state index in [1.54, 1.807) is 7.11 Å². The van der Waals surface area contributed by atoms with E-state index in [0.717, 1.165) is 11.3 Å². The quantitative estimate of drug-likeness (QED) is 0.729. The predicted octanol–water partition coefficient (Wildman–Crippen LogP) is 3.11. The second-order valence-electron chi connectivity index (χ2n) is 5.47. The fraction of sp³-hybridized carbons (Fsp3) is 0.412. The molecule has 0 atom stereocenters. The minimum atomic E-state index is -0.0928. The summed E-state index contributed by atoms with van der Waals surface area (Å²) in [5.41, 5.74) is 2.03. The molecule has 0 radical (unpaired) electrons. The molecule has 1 aromatic heterocycles. The standard InChI is InChI=1S/C17H23N3O2S/c1-12(2)16-15(13-7-5-4-6-8-13)20-17(23-16)19-14(21)11-18-9-10-22-3/h4-8,12,18H,9-11H2,1-3H3,(H,19,20,21). The maximum Gasteiger partial charge on any atom is 0.240 e. The van der Waals surface area contributed by atoms with Gasteiger partial charge in [0.15, 0.2) is 5.13 Å². The van der Waals surface area contributed by atoms with Gasteiger partial charge < -0.3 is 15.4 Å². The summed E-state index contributed by atoms with van der Waals surface area (Å²) < 4.78 is 4.93. The van der Waals surface area contributed by atoms with Crippen LogP contribution in [0.25, 0.3) is 11.3 Å². The Morgan fingerprint density at radius 2 is 2.04 bits per heavy atom. The fourth-order valence-corrected chi connectivity index (χ4v) is 3.13. The number of nitrogens with one attached hydrogen (secondary N) is 2. The largest absolute Gasteiger partial charge is 0.383 e. The number of methoxy groups -OCH3 is 1. The normalized spacial score (nSPS) is 11.0. The SMILES string of the molecule is COCCNCC(=O)Nc1nc(-c2ccccc2)c(C(C)C)s1. The topological polar surface area (TPSA) is 63.2 Å². The number of ether oxygens (including phenoxy) is 1. The molecule has 0 bridgehead atoms. The maximum absolute atomic E-state index is 12.0. The van der Waals surface area contributed by atoms with Gasteiger partial charge in [0.2, 0.25) is 5.91 Å². The smallest absolute Gasteiger partial charge is 0.240 e. The lowest BCUT2D eigenvalue weighted by Gasteiger charge is -2.04. The van der Waals surface area contributed by atoms with E-state index in [1.165, 1.54) is 16.2 Å². The first kappa shape index (κ1) is 17.6. The van der Waals surface area contributed by atoms with E-state index in [9.17, 15) is 4.79 Å². The number of nitrogens with zero attached hydrogens (tertiary/aromatic N) is 1. The monoisotopic (exact) mass is 333 g/mol. The number of amides is 1. The van der Waals surface area contributed by atoms with E-state index >= 15 is 0 Å². The van der Waals surface area contributed by atoms with Crippen LogP contribution in [0.15, 0.2) is 30.3 Å². The van der Waals surface area contributed by atoms with Crippen molar-refractivity contribution < 1.29 is 9.53 Å². The summed E-state index contributed by atoms with van der Waals surface area (Å²) in [6.07, 6.45) is 0. The van der Waals surface area contributed by atoms with Crippen LogP contribution in [0.3, 0.4) is 0 Å². The highest BCUT2D eigenvalue weighted by Crippen LogP contribution is 2.35. The van der Waals surface area contributed by atoms with Gasteiger partial charge in [-0.1, -0.05) is 44.2 Å². The Hall–Kier alpha value is -1.76. The molecule has 6 heteroatoms. The lowest BCUT2D eigenvalue weighted by atomic mass is 10.1. The molecule has 2 aromatic rings. The Morgan fingerprint density at radius 3 is 2.70 bits per heavy atom. The average molecular weight is 333 g/mol. The highest BCUT2D eigenvalue weighted by Gasteiger charge is 2.16. The molecule has 5 nitrogen and oxygen atoms in total. The van der Waals surface area contributed by atoms with Gasteiger partial charge in [0.1, 0.15) is 0 Å². The number of aromatic nitrogens is 1. The van der Waals surface area contributed by atoms with E-state index < -0.39 is 0 Å². The summed E-state index contributed by atoms with van der Waals surface area (Å²) in [5, 5.41) is 6.54. The molecule has 0 saturated heterocycles. The van der Waals surface area contributed by atoms with E-state index in [4.69, 9.17) is 4.74 Å². The first-order valence-electron chi connectivity index (χ1n) is 7.67. The molecular weight excluding hydrogens is 310 g/mol. The lowest BCUT2D eigenvalue weighted by Crippen LogP contribution is -2.30. The summed E-state index contributed by atoms with van der Waals surface area (Å²) in [4.78, 5) is 17.8. The van der Waals surface area contributed by atoms with E-state index in [-0.39, 0.29) is 12.5 Å². The Labute approximate surface area is 141 Å². The molecule has 0 unspecified atom stereocenters. The molecule has 1 aromatic carbocycles. The first-order valence-corrected chi connectivity index (χ1v) is 8.49. The van der Waals surface area contributed by atoms with Crippen molar-refractivity contribution in [2.45, 2.75) is 19.8 Å². The highest BCUT2D eigenvalue weighted by atomic mass is 32.1. The van der Waals surface area contributed by atoms with Crippen LogP contribution in [0, 0.1) is 0 Å². The molecular formula is C17H23N3O2S. The molecule has 124 valence electrons. The lowest BCUT2D eigenvalue weighted by molar-refractivity contribution is -0.115. The van der Waals surface area contributed by atoms with Gasteiger partial charge in [0, 0.05) is 24.1 Å². The Kier molecular flexibility index (Phi) is 6.70. The summed E-state index contributed by atoms with van der Waals surface area (Å²) in [7, 11) is 1.63. The molecule has 0 aliphatic rings. The van der Waals surface area contributed by atoms with Gasteiger partial charge in [-0.2, -0.15) is 0 Å². The van der Waals surface area contributed by atoms with E-state index in [0.29, 0.717) is 24.2 Å². The Bertz CT molecular complexity index is 626. The van der Waals surface area contributed by atoms with E-state index in [1.807, 2.05) is 30.3 Å². The van der Waals surface area contributed by atoms with Crippen molar-refractivity contribution in [3.05, 3.63) is 35.2 Å². The van der Waals surface area contributed by atoms with Gasteiger partial charge in [-0.25, -0.2) is 4.98 Å². The van der Waals surface area contributed by atoms with Crippen molar-refractivity contribution in [3.63, 3.8) is 0 Å². The molecule has 0 spiro atoms. The van der Waals surface area contributed by atoms with Crippen molar-refractivity contribution in [2.75, 3.05) is 32.1 Å². The molecule has 0 fully saturated rings. The van der Waals surface area contributed by atoms with Crippen LogP contribution in [0.4, 0.5) is 5.13 Å². The molecule has 0 saturated carbocycles. The van der Waals surface area contributed by atoms with Crippen molar-refractivity contribution in [1.82, 2.24) is 10.3 Å². The number of hydrogen-bond donors (Lipinski definition) is 2. The van der Waals surface area contributed by atoms with Crippen molar-refractivity contribution in [2.24, 2.45) is 0 Å². The number of anilines is 1. The number of rotatable bonds is 8. The third-order valence-corrected chi connectivity index (χ3v) is 4.51. The third kappa shape index (κ3) is 5.13. The van der Waals surface area contributed by atoms with Crippen LogP contribution in [-0.2, 0) is 9.53 Å². The van der Waals surface area contributed by atoms with Gasteiger partial charge in [-0.15, -0.1) is 11.3 Å². The molecule has 2 N–H and O–H groups in total. The third-order valence-electron chi connectivity index (χ3n) is 3.24. The Balaban J connectivity index is 2.07. The number of carbonyl (C=O) groups excluding carboxylic acids is 1. The highest BCUT2D eigenvalue weighted by molar-refractivity contribution is 7.16. The zero-order chi connectivity index (χ0) is 16.7. The molecule has 0 aliphatic carbocycles. The maximum atomic E-state index is 12.0. The van der Waals surface area contributed by atoms with Crippen LogP contribution >= 0.6 is 11.3 Å². The van der Waals surface area contributed by atoms with Crippen molar-refractivity contribution in [3.8, 4) is 11.3 Å². The van der Waals surface area contributed by atoms with Crippen molar-refractivity contribution >= 4 is 22.4 Å². The molecule has 2 rings (SSSR count). The van der Waals surface area contributed by atoms with Gasteiger partial charge in [0.25, 0.3) is 0 Å². The summed E-state index contributed by atoms with van der Waals surface area (Å²) in [6.45, 7) is 5.75. The van der Waals surface area contributed by atoms with Crippen LogP contribution in [-0.4, -0.2) is 37.7 Å². The second-order valence-corrected chi connectivity index (χ2v) is 6.50. The fourth-order valence-electron chi connectivity index (χ4n) is 2.12. The number of thiazole rings is 1. The van der Waals surface area contributed by atoms with Crippen LogP contribution in [0.2, 0.25) is 0 Å². The summed E-state index contributed by atoms with van der Waals surface area (Å²) in [6, 6.07) is 10.1. The number of hydrogen-bond acceptors (Lipinski definition) is 5. The first-order chi connectivity index (χ1) is 11.1. The van der Waals surface area contributed by atoms with Crippen LogP contribution in [0.5, 0.6) is 0 Å². The molecule has 23 heavy (non-hydrogen) atoms. The summed E-state index contributed by atoms with van der Waals surface area (Å²) >= 11 is 1.54. The molecule has 0 aliphatic heterocycles. The zero-order valence-corrected chi connectivity index (χ0v) is 14.6. The second kappa shape index (κ2) is 8.76. The Morgan fingerprint density at radius 1 is 1.30 bits per heavy atom. The van der Waals surface area contributed by atoms with Gasteiger partial charge >= 0.3 is 0 Å². The number of benzene rings is 1. The number of carbonyl (C=O) groups is 1. The predicted molar refractivity (Wildman–Crippen MR) is 95.0 cm³/mol. The minimum absolute atomic E-state index is 0.0928. The van der Waals surface area contributed by atoms with Crippen molar-refractivity contribution in [1.29, 1.82) is 0 Å². The van der Waals surface area contributed by atoms with Crippen LogP contribution in [0.1, 0.15) is 24.6 Å². The molecule has 1 heterocycles. The van der Waals surface area contributed by atoms with E-state index in [2.05, 4.69) is 29.5 Å². The van der Waals surface area contributed by atoms with Gasteiger partial charge in [0.05, 0.1) is 18.8 Å². The average Bonchev–Trinajstić information content (AvgIpc) is 2.96. The van der Waals surface area contributed by atoms with Gasteiger partial charge in [-0.3, -0.25) is 4.79 Å². The zero-order valence-electron chi connectivity index (χ0n) is 13.8. The van der Waals surface area contributed by atoms with Crippen LogP contribution < -0.4 is 10.6 Å². The molecule has 1 amide bonds. The van der Waals surface area contributed by atoms with Gasteiger partial charge in [-0.05, 0) is 5.92 Å². The minimum Gasteiger partial charge on any atom is -0.383 e.